The van der Waals surface area contributed by atoms with Crippen molar-refractivity contribution >= 4 is 34.3 Å². The Kier molecular flexibility index (Phi) is 4.78. The minimum absolute atomic E-state index is 0.0943. The molecule has 0 bridgehead atoms. The molecule has 2 aliphatic heterocycles. The van der Waals surface area contributed by atoms with Gasteiger partial charge >= 0.3 is 0 Å². The van der Waals surface area contributed by atoms with Crippen LogP contribution in [0.25, 0.3) is 16.6 Å². The maximum absolute atomic E-state index is 6.49. The van der Waals surface area contributed by atoms with Crippen molar-refractivity contribution in [2.24, 2.45) is 11.1 Å². The fourth-order valence-corrected chi connectivity index (χ4v) is 5.99. The molecule has 0 radical (unpaired) electrons. The second-order valence-corrected chi connectivity index (χ2v) is 9.82. The number of hydrogen-bond donors (Lipinski definition) is 1. The molecule has 0 unspecified atom stereocenters. The van der Waals surface area contributed by atoms with Gasteiger partial charge in [0, 0.05) is 65.8 Å². The van der Waals surface area contributed by atoms with Crippen LogP contribution in [-0.2, 0) is 4.74 Å². The number of fused-ring (bicyclic) bond motifs is 2. The molecule has 6 heterocycles. The van der Waals surface area contributed by atoms with Crippen LogP contribution in [0.1, 0.15) is 19.8 Å². The van der Waals surface area contributed by atoms with Crippen molar-refractivity contribution < 1.29 is 4.74 Å². The van der Waals surface area contributed by atoms with Crippen LogP contribution >= 0.6 is 11.8 Å². The summed E-state index contributed by atoms with van der Waals surface area (Å²) in [6.07, 6.45) is 13.3. The molecule has 1 spiro atoms. The van der Waals surface area contributed by atoms with E-state index >= 15 is 0 Å². The molecule has 0 saturated carbocycles. The fourth-order valence-electron chi connectivity index (χ4n) is 4.99. The molecule has 164 valence electrons. The van der Waals surface area contributed by atoms with E-state index in [2.05, 4.69) is 31.2 Å². The van der Waals surface area contributed by atoms with Crippen molar-refractivity contribution in [1.82, 2.24) is 24.3 Å². The van der Waals surface area contributed by atoms with Gasteiger partial charge in [-0.05, 0) is 31.9 Å². The molecule has 2 N–H and O–H groups in total. The summed E-state index contributed by atoms with van der Waals surface area (Å²) in [5.74, 6) is 0.932. The van der Waals surface area contributed by atoms with Gasteiger partial charge in [0.25, 0.3) is 0 Å². The molecule has 0 aromatic carbocycles. The molecule has 0 aliphatic carbocycles. The zero-order chi connectivity index (χ0) is 21.7. The van der Waals surface area contributed by atoms with Crippen molar-refractivity contribution in [3.63, 3.8) is 0 Å². The van der Waals surface area contributed by atoms with Gasteiger partial charge in [-0.15, -0.1) is 0 Å². The first-order valence-corrected chi connectivity index (χ1v) is 11.8. The first-order chi connectivity index (χ1) is 15.6. The standard InChI is InChI=1S/C23H25N7OS/c1-15-20(24)23(14-31-15)4-9-29(10-5-23)22-28-13-19(21-27-8-11-30(21)22)32-18-3-7-26-17-12-25-6-2-16(17)18/h2-3,6-8,11-13,15,20H,4-5,9-10,14,24H2,1H3/t15-,20+/m0/s1. The highest BCUT2D eigenvalue weighted by Crippen LogP contribution is 2.42. The predicted octanol–water partition coefficient (Wildman–Crippen LogP) is 3.16. The molecule has 6 rings (SSSR count). The highest BCUT2D eigenvalue weighted by Gasteiger charge is 2.47. The smallest absolute Gasteiger partial charge is 0.211 e. The van der Waals surface area contributed by atoms with Crippen molar-refractivity contribution in [2.45, 2.75) is 41.7 Å². The number of piperidine rings is 1. The number of anilines is 1. The van der Waals surface area contributed by atoms with E-state index in [1.807, 2.05) is 36.9 Å². The number of hydrogen-bond acceptors (Lipinski definition) is 8. The van der Waals surface area contributed by atoms with E-state index in [9.17, 15) is 0 Å². The van der Waals surface area contributed by atoms with Crippen LogP contribution in [0.3, 0.4) is 0 Å². The lowest BCUT2D eigenvalue weighted by Crippen LogP contribution is -2.51. The van der Waals surface area contributed by atoms with E-state index in [-0.39, 0.29) is 17.6 Å². The summed E-state index contributed by atoms with van der Waals surface area (Å²) in [6, 6.07) is 4.13. The number of aromatic nitrogens is 5. The van der Waals surface area contributed by atoms with Crippen LogP contribution in [0.4, 0.5) is 5.95 Å². The van der Waals surface area contributed by atoms with Gasteiger partial charge in [0.15, 0.2) is 5.65 Å². The van der Waals surface area contributed by atoms with Gasteiger partial charge in [-0.25, -0.2) is 9.97 Å². The molecule has 4 aromatic rings. The minimum Gasteiger partial charge on any atom is -0.376 e. The summed E-state index contributed by atoms with van der Waals surface area (Å²) in [5, 5.41) is 1.08. The highest BCUT2D eigenvalue weighted by molar-refractivity contribution is 7.99. The number of pyridine rings is 2. The van der Waals surface area contributed by atoms with Gasteiger partial charge in [-0.2, -0.15) is 0 Å². The third-order valence-electron chi connectivity index (χ3n) is 6.99. The second-order valence-electron chi connectivity index (χ2n) is 8.74. The molecule has 32 heavy (non-hydrogen) atoms. The average molecular weight is 448 g/mol. The summed E-state index contributed by atoms with van der Waals surface area (Å²) >= 11 is 1.66. The van der Waals surface area contributed by atoms with E-state index in [0.29, 0.717) is 0 Å². The van der Waals surface area contributed by atoms with Crippen LogP contribution in [0.5, 0.6) is 0 Å². The molecular formula is C23H25N7OS. The fraction of sp³-hybridized carbons (Fsp3) is 0.391. The third-order valence-corrected chi connectivity index (χ3v) is 8.07. The Balaban J connectivity index is 1.29. The lowest BCUT2D eigenvalue weighted by molar-refractivity contribution is 0.0973. The number of imidazole rings is 1. The zero-order valence-corrected chi connectivity index (χ0v) is 18.7. The maximum Gasteiger partial charge on any atom is 0.211 e. The Morgan fingerprint density at radius 2 is 1.94 bits per heavy atom. The van der Waals surface area contributed by atoms with Gasteiger partial charge in [0.2, 0.25) is 5.95 Å². The van der Waals surface area contributed by atoms with Gasteiger partial charge in [-0.3, -0.25) is 14.4 Å². The van der Waals surface area contributed by atoms with E-state index in [1.54, 1.807) is 24.2 Å². The monoisotopic (exact) mass is 447 g/mol. The second kappa shape index (κ2) is 7.68. The topological polar surface area (TPSA) is 94.5 Å². The van der Waals surface area contributed by atoms with Crippen LogP contribution in [0.15, 0.2) is 59.1 Å². The van der Waals surface area contributed by atoms with Crippen LogP contribution in [0, 0.1) is 5.41 Å². The van der Waals surface area contributed by atoms with Gasteiger partial charge < -0.3 is 15.4 Å². The van der Waals surface area contributed by atoms with Crippen molar-refractivity contribution in [3.05, 3.63) is 49.3 Å². The number of ether oxygens (including phenoxy) is 1. The lowest BCUT2D eigenvalue weighted by Gasteiger charge is -2.41. The average Bonchev–Trinajstić information content (AvgIpc) is 3.42. The Morgan fingerprint density at radius 3 is 2.75 bits per heavy atom. The van der Waals surface area contributed by atoms with Crippen molar-refractivity contribution in [2.75, 3.05) is 24.6 Å². The maximum atomic E-state index is 6.49. The van der Waals surface area contributed by atoms with Crippen LogP contribution < -0.4 is 10.6 Å². The summed E-state index contributed by atoms with van der Waals surface area (Å²) < 4.78 is 7.97. The van der Waals surface area contributed by atoms with E-state index in [0.717, 1.165) is 64.8 Å². The van der Waals surface area contributed by atoms with Crippen molar-refractivity contribution in [3.8, 4) is 0 Å². The molecule has 2 fully saturated rings. The zero-order valence-electron chi connectivity index (χ0n) is 17.9. The molecule has 4 aromatic heterocycles. The first-order valence-electron chi connectivity index (χ1n) is 11.0. The van der Waals surface area contributed by atoms with Crippen molar-refractivity contribution in [1.29, 1.82) is 0 Å². The van der Waals surface area contributed by atoms with Crippen LogP contribution in [0.2, 0.25) is 0 Å². The quantitative estimate of drug-likeness (QED) is 0.512. The first kappa shape index (κ1) is 19.9. The Hall–Kier alpha value is -2.75. The normalized spacial score (nSPS) is 22.9. The number of nitrogens with zero attached hydrogens (tertiary/aromatic N) is 6. The SMILES string of the molecule is C[C@@H]1OCC2(CCN(c3ncc(Sc4ccnc5cnccc45)c4nccn34)CC2)[C@@H]1N. The third kappa shape index (κ3) is 3.15. The number of rotatable bonds is 3. The summed E-state index contributed by atoms with van der Waals surface area (Å²) in [5.41, 5.74) is 8.38. The van der Waals surface area contributed by atoms with E-state index < -0.39 is 0 Å². The molecule has 9 heteroatoms. The molecule has 2 aliphatic rings. The van der Waals surface area contributed by atoms with Gasteiger partial charge in [-0.1, -0.05) is 11.8 Å². The molecular weight excluding hydrogens is 422 g/mol. The van der Waals surface area contributed by atoms with E-state index in [1.165, 1.54) is 0 Å². The van der Waals surface area contributed by atoms with Gasteiger partial charge in [0.05, 0.1) is 29.3 Å². The minimum atomic E-state index is 0.0943. The Morgan fingerprint density at radius 1 is 1.06 bits per heavy atom. The molecule has 0 amide bonds. The lowest BCUT2D eigenvalue weighted by atomic mass is 9.73. The Bertz CT molecular complexity index is 1280. The summed E-state index contributed by atoms with van der Waals surface area (Å²) in [6.45, 7) is 4.68. The summed E-state index contributed by atoms with van der Waals surface area (Å²) in [4.78, 5) is 22.6. The molecule has 8 nitrogen and oxygen atoms in total. The molecule has 2 saturated heterocycles. The molecule has 2 atom stereocenters. The summed E-state index contributed by atoms with van der Waals surface area (Å²) in [7, 11) is 0. The van der Waals surface area contributed by atoms with Crippen LogP contribution in [-0.4, -0.2) is 56.2 Å². The van der Waals surface area contributed by atoms with E-state index in [4.69, 9.17) is 15.5 Å². The largest absolute Gasteiger partial charge is 0.376 e. The van der Waals surface area contributed by atoms with Gasteiger partial charge in [0.1, 0.15) is 0 Å². The highest BCUT2D eigenvalue weighted by atomic mass is 32.2. The number of nitrogens with two attached hydrogens (primary N) is 1. The predicted molar refractivity (Wildman–Crippen MR) is 124 cm³/mol. The Labute approximate surface area is 190 Å².